The number of rotatable bonds is 5. The van der Waals surface area contributed by atoms with Crippen molar-refractivity contribution in [1.82, 2.24) is 15.2 Å². The molecule has 0 saturated heterocycles. The molecule has 0 aliphatic heterocycles. The van der Waals surface area contributed by atoms with E-state index in [-0.39, 0.29) is 17.8 Å². The molecule has 0 saturated carbocycles. The summed E-state index contributed by atoms with van der Waals surface area (Å²) in [6.45, 7) is 3.67. The van der Waals surface area contributed by atoms with Crippen molar-refractivity contribution in [3.05, 3.63) is 46.4 Å². The Morgan fingerprint density at radius 3 is 2.44 bits per heavy atom. The summed E-state index contributed by atoms with van der Waals surface area (Å²) < 4.78 is 0. The van der Waals surface area contributed by atoms with Crippen LogP contribution in [0, 0.1) is 5.92 Å². The highest BCUT2D eigenvalue weighted by molar-refractivity contribution is 6.39. The van der Waals surface area contributed by atoms with Crippen molar-refractivity contribution in [1.29, 1.82) is 0 Å². The Balaban J connectivity index is 1.89. The van der Waals surface area contributed by atoms with Crippen LogP contribution in [0.25, 0.3) is 11.1 Å². The molecule has 3 aromatic rings. The van der Waals surface area contributed by atoms with E-state index in [1.165, 1.54) is 0 Å². The number of halogens is 2. The number of aromatic amines is 1. The highest BCUT2D eigenvalue weighted by Gasteiger charge is 2.13. The van der Waals surface area contributed by atoms with Crippen molar-refractivity contribution in [3.63, 3.8) is 0 Å². The molecule has 2 aromatic carbocycles. The van der Waals surface area contributed by atoms with Gasteiger partial charge in [-0.25, -0.2) is 5.10 Å². The average Bonchev–Trinajstić information content (AvgIpc) is 2.99. The van der Waals surface area contributed by atoms with Crippen molar-refractivity contribution >= 4 is 52.4 Å². The van der Waals surface area contributed by atoms with Crippen LogP contribution in [0.3, 0.4) is 0 Å². The fraction of sp³-hybridized carbons (Fsp3) is 0.167. The second-order valence-corrected chi connectivity index (χ2v) is 7.02. The van der Waals surface area contributed by atoms with Gasteiger partial charge in [-0.05, 0) is 29.8 Å². The first kappa shape index (κ1) is 19.0. The van der Waals surface area contributed by atoms with Crippen molar-refractivity contribution in [3.8, 4) is 11.1 Å². The highest BCUT2D eigenvalue weighted by atomic mass is 35.5. The number of carbonyl (C=O) groups excluding carboxylic acids is 1. The molecule has 1 amide bonds. The number of benzene rings is 2. The van der Waals surface area contributed by atoms with Crippen LogP contribution in [-0.4, -0.2) is 21.1 Å². The van der Waals surface area contributed by atoms with Crippen molar-refractivity contribution < 1.29 is 4.79 Å². The Hall–Kier alpha value is -2.77. The molecule has 0 aliphatic carbocycles. The third kappa shape index (κ3) is 4.50. The van der Waals surface area contributed by atoms with Gasteiger partial charge >= 0.3 is 0 Å². The first-order valence-corrected chi connectivity index (χ1v) is 8.94. The molecular weight excluding hydrogens is 387 g/mol. The van der Waals surface area contributed by atoms with Crippen molar-refractivity contribution in [2.24, 2.45) is 5.92 Å². The number of nitrogens with zero attached hydrogens (tertiary/aromatic N) is 2. The zero-order chi connectivity index (χ0) is 19.6. The van der Waals surface area contributed by atoms with E-state index in [4.69, 9.17) is 28.9 Å². The molecule has 1 heterocycles. The molecule has 0 aliphatic rings. The topological polar surface area (TPSA) is 109 Å². The molecule has 0 fully saturated rings. The predicted molar refractivity (Wildman–Crippen MR) is 109 cm³/mol. The molecule has 0 spiro atoms. The van der Waals surface area contributed by atoms with Crippen molar-refractivity contribution in [2.75, 3.05) is 16.4 Å². The maximum Gasteiger partial charge on any atom is 0.248 e. The van der Waals surface area contributed by atoms with E-state index in [0.717, 1.165) is 5.56 Å². The molecule has 0 atom stereocenters. The minimum Gasteiger partial charge on any atom is -0.368 e. The summed E-state index contributed by atoms with van der Waals surface area (Å²) >= 11 is 12.9. The van der Waals surface area contributed by atoms with Gasteiger partial charge in [-0.15, -0.1) is 5.10 Å². The number of hydrogen-bond donors (Lipinski definition) is 4. The Bertz CT molecular complexity index is 962. The van der Waals surface area contributed by atoms with Crippen molar-refractivity contribution in [2.45, 2.75) is 13.8 Å². The third-order valence-corrected chi connectivity index (χ3v) is 4.34. The van der Waals surface area contributed by atoms with Crippen LogP contribution in [0.2, 0.25) is 10.0 Å². The lowest BCUT2D eigenvalue weighted by Gasteiger charge is -2.13. The number of amides is 1. The highest BCUT2D eigenvalue weighted by Crippen LogP contribution is 2.38. The predicted octanol–water partition coefficient (Wildman–Crippen LogP) is 4.70. The largest absolute Gasteiger partial charge is 0.368 e. The molecule has 7 nitrogen and oxygen atoms in total. The van der Waals surface area contributed by atoms with Gasteiger partial charge in [0.1, 0.15) is 0 Å². The number of nitrogens with one attached hydrogen (secondary N) is 3. The molecule has 27 heavy (non-hydrogen) atoms. The van der Waals surface area contributed by atoms with Gasteiger partial charge in [0.05, 0.1) is 10.0 Å². The normalized spacial score (nSPS) is 10.9. The molecule has 140 valence electrons. The van der Waals surface area contributed by atoms with Crippen LogP contribution >= 0.6 is 23.2 Å². The lowest BCUT2D eigenvalue weighted by atomic mass is 10.0. The summed E-state index contributed by atoms with van der Waals surface area (Å²) in [6, 6.07) is 10.8. The number of nitrogens with two attached hydrogens (primary N) is 1. The first-order chi connectivity index (χ1) is 12.8. The number of anilines is 4. The summed E-state index contributed by atoms with van der Waals surface area (Å²) in [4.78, 5) is 15.9. The number of nitrogen functional groups attached to an aromatic ring is 1. The van der Waals surface area contributed by atoms with Gasteiger partial charge in [0.15, 0.2) is 0 Å². The smallest absolute Gasteiger partial charge is 0.248 e. The second kappa shape index (κ2) is 7.85. The van der Waals surface area contributed by atoms with Gasteiger partial charge in [0.2, 0.25) is 17.8 Å². The minimum absolute atomic E-state index is 0.0605. The van der Waals surface area contributed by atoms with Gasteiger partial charge in [-0.3, -0.25) is 4.79 Å². The summed E-state index contributed by atoms with van der Waals surface area (Å²) in [6.07, 6.45) is 0. The van der Waals surface area contributed by atoms with E-state index in [1.807, 2.05) is 38.1 Å². The van der Waals surface area contributed by atoms with E-state index in [1.54, 1.807) is 12.1 Å². The van der Waals surface area contributed by atoms with E-state index in [0.29, 0.717) is 32.9 Å². The molecule has 9 heteroatoms. The second-order valence-electron chi connectivity index (χ2n) is 6.21. The monoisotopic (exact) mass is 404 g/mol. The van der Waals surface area contributed by atoms with Crippen LogP contribution in [0.1, 0.15) is 13.8 Å². The lowest BCUT2D eigenvalue weighted by Crippen LogP contribution is -2.17. The number of H-pyrrole nitrogens is 1. The van der Waals surface area contributed by atoms with E-state index in [2.05, 4.69) is 25.8 Å². The van der Waals surface area contributed by atoms with Gasteiger partial charge in [-0.2, -0.15) is 4.98 Å². The Morgan fingerprint density at radius 1 is 1.15 bits per heavy atom. The Labute approximate surface area is 166 Å². The maximum atomic E-state index is 11.9. The summed E-state index contributed by atoms with van der Waals surface area (Å²) in [5.74, 6) is 0.336. The fourth-order valence-electron chi connectivity index (χ4n) is 2.42. The number of hydrogen-bond acceptors (Lipinski definition) is 5. The fourth-order valence-corrected chi connectivity index (χ4v) is 3.12. The molecule has 3 rings (SSSR count). The number of aromatic nitrogens is 3. The van der Waals surface area contributed by atoms with Gasteiger partial charge in [0.25, 0.3) is 0 Å². The maximum absolute atomic E-state index is 11.9. The van der Waals surface area contributed by atoms with E-state index in [9.17, 15) is 4.79 Å². The molecular formula is C18H18Cl2N6O. The minimum atomic E-state index is -0.115. The van der Waals surface area contributed by atoms with Gasteiger partial charge in [-0.1, -0.05) is 49.2 Å². The molecule has 5 N–H and O–H groups in total. The SMILES string of the molecule is CC(C)C(=O)Nc1cccc(-c2c(Cl)cc(Nc3n[nH]c(N)n3)cc2Cl)c1. The summed E-state index contributed by atoms with van der Waals surface area (Å²) in [7, 11) is 0. The van der Waals surface area contributed by atoms with Crippen LogP contribution in [0.4, 0.5) is 23.3 Å². The van der Waals surface area contributed by atoms with Crippen LogP contribution in [0.5, 0.6) is 0 Å². The Morgan fingerprint density at radius 2 is 1.85 bits per heavy atom. The molecule has 0 unspecified atom stereocenters. The van der Waals surface area contributed by atoms with Crippen LogP contribution < -0.4 is 16.4 Å². The summed E-state index contributed by atoms with van der Waals surface area (Å²) in [5, 5.41) is 13.2. The number of carbonyl (C=O) groups is 1. The molecule has 0 radical (unpaired) electrons. The van der Waals surface area contributed by atoms with E-state index < -0.39 is 0 Å². The quantitative estimate of drug-likeness (QED) is 0.492. The standard InChI is InChI=1S/C18H18Cl2N6O/c1-9(2)16(27)22-11-5-3-4-10(6-11)15-13(19)7-12(8-14(15)20)23-18-24-17(21)25-26-18/h3-9H,1-2H3,(H,22,27)(H4,21,23,24,25,26). The summed E-state index contributed by atoms with van der Waals surface area (Å²) in [5.41, 5.74) is 8.27. The first-order valence-electron chi connectivity index (χ1n) is 8.18. The van der Waals surface area contributed by atoms with E-state index >= 15 is 0 Å². The Kier molecular flexibility index (Phi) is 5.53. The molecule has 0 bridgehead atoms. The van der Waals surface area contributed by atoms with Crippen LogP contribution in [0.15, 0.2) is 36.4 Å². The zero-order valence-electron chi connectivity index (χ0n) is 14.7. The van der Waals surface area contributed by atoms with Crippen LogP contribution in [-0.2, 0) is 4.79 Å². The lowest BCUT2D eigenvalue weighted by molar-refractivity contribution is -0.118. The van der Waals surface area contributed by atoms with Gasteiger partial charge < -0.3 is 16.4 Å². The zero-order valence-corrected chi connectivity index (χ0v) is 16.2. The average molecular weight is 405 g/mol. The van der Waals surface area contributed by atoms with Gasteiger partial charge in [0, 0.05) is 22.9 Å². The molecule has 1 aromatic heterocycles. The third-order valence-electron chi connectivity index (χ3n) is 3.74.